The van der Waals surface area contributed by atoms with Crippen LogP contribution in [-0.4, -0.2) is 37.1 Å². The lowest BCUT2D eigenvalue weighted by Gasteiger charge is -2.17. The van der Waals surface area contributed by atoms with Gasteiger partial charge in [0.05, 0.1) is 0 Å². The molecule has 1 fully saturated rings. The minimum atomic E-state index is 0.559. The highest BCUT2D eigenvalue weighted by atomic mass is 35.5. The summed E-state index contributed by atoms with van der Waals surface area (Å²) >= 11 is 7.87. The highest BCUT2D eigenvalue weighted by molar-refractivity contribution is 7.99. The number of thioether (sulfide) groups is 1. The quantitative estimate of drug-likeness (QED) is 0.644. The molecule has 2 rings (SSSR count). The van der Waals surface area contributed by atoms with Gasteiger partial charge in [-0.1, -0.05) is 23.7 Å². The van der Waals surface area contributed by atoms with Gasteiger partial charge in [0.1, 0.15) is 0 Å². The Morgan fingerprint density at radius 1 is 1.33 bits per heavy atom. The summed E-state index contributed by atoms with van der Waals surface area (Å²) in [5.74, 6) is 0.913. The molecule has 1 saturated carbocycles. The molecule has 116 valence electrons. The van der Waals surface area contributed by atoms with Crippen molar-refractivity contribution in [3.63, 3.8) is 0 Å². The van der Waals surface area contributed by atoms with Crippen LogP contribution in [0.3, 0.4) is 0 Å². The molecule has 0 saturated heterocycles. The summed E-state index contributed by atoms with van der Waals surface area (Å²) in [6, 6.07) is 8.57. The van der Waals surface area contributed by atoms with E-state index in [-0.39, 0.29) is 0 Å². The molecule has 0 bridgehead atoms. The van der Waals surface area contributed by atoms with Crippen molar-refractivity contribution >= 4 is 29.3 Å². The van der Waals surface area contributed by atoms with Gasteiger partial charge in [-0.2, -0.15) is 11.8 Å². The predicted molar refractivity (Wildman–Crippen MR) is 94.6 cm³/mol. The largest absolute Gasteiger partial charge is 0.356 e. The molecule has 0 amide bonds. The van der Waals surface area contributed by atoms with Crippen molar-refractivity contribution in [2.75, 3.05) is 19.8 Å². The summed E-state index contributed by atoms with van der Waals surface area (Å²) in [6.45, 7) is 0.875. The first kappa shape index (κ1) is 16.5. The Hall–Kier alpha value is -0.870. The van der Waals surface area contributed by atoms with E-state index in [0.29, 0.717) is 6.04 Å². The fourth-order valence-electron chi connectivity index (χ4n) is 2.65. The lowest BCUT2D eigenvalue weighted by atomic mass is 10.1. The molecule has 2 N–H and O–H groups in total. The fourth-order valence-corrected chi connectivity index (χ4v) is 3.57. The van der Waals surface area contributed by atoms with Crippen LogP contribution in [0.4, 0.5) is 0 Å². The number of nitrogens with zero attached hydrogens (tertiary/aromatic N) is 1. The molecule has 0 heterocycles. The van der Waals surface area contributed by atoms with Gasteiger partial charge < -0.3 is 10.6 Å². The van der Waals surface area contributed by atoms with E-state index in [1.807, 2.05) is 30.9 Å². The minimum absolute atomic E-state index is 0.559. The van der Waals surface area contributed by atoms with Crippen molar-refractivity contribution in [1.29, 1.82) is 0 Å². The second-order valence-corrected chi connectivity index (χ2v) is 6.96. The molecule has 21 heavy (non-hydrogen) atoms. The maximum Gasteiger partial charge on any atom is 0.191 e. The third-order valence-corrected chi connectivity index (χ3v) is 5.25. The van der Waals surface area contributed by atoms with Gasteiger partial charge in [-0.05, 0) is 49.6 Å². The van der Waals surface area contributed by atoms with Crippen molar-refractivity contribution in [3.05, 3.63) is 34.9 Å². The maximum absolute atomic E-state index is 5.89. The third-order valence-electron chi connectivity index (χ3n) is 3.90. The summed E-state index contributed by atoms with van der Waals surface area (Å²) in [7, 11) is 1.83. The van der Waals surface area contributed by atoms with E-state index in [2.05, 4.69) is 34.0 Å². The molecule has 2 unspecified atom stereocenters. The monoisotopic (exact) mass is 325 g/mol. The molecule has 2 atom stereocenters. The zero-order valence-corrected chi connectivity index (χ0v) is 14.3. The molecule has 0 aromatic heterocycles. The number of guanidine groups is 1. The molecule has 1 aromatic carbocycles. The van der Waals surface area contributed by atoms with Crippen molar-refractivity contribution in [1.82, 2.24) is 10.6 Å². The zero-order valence-electron chi connectivity index (χ0n) is 12.7. The van der Waals surface area contributed by atoms with Crippen LogP contribution >= 0.6 is 23.4 Å². The van der Waals surface area contributed by atoms with Crippen LogP contribution < -0.4 is 10.6 Å². The summed E-state index contributed by atoms with van der Waals surface area (Å²) in [4.78, 5) is 4.31. The summed E-state index contributed by atoms with van der Waals surface area (Å²) in [6.07, 6.45) is 6.95. The van der Waals surface area contributed by atoms with Crippen LogP contribution in [0.15, 0.2) is 29.3 Å². The summed E-state index contributed by atoms with van der Waals surface area (Å²) in [5.41, 5.74) is 1.28. The Labute approximate surface area is 136 Å². The van der Waals surface area contributed by atoms with Crippen LogP contribution in [0, 0.1) is 0 Å². The van der Waals surface area contributed by atoms with E-state index in [0.717, 1.165) is 29.2 Å². The number of hydrogen-bond acceptors (Lipinski definition) is 2. The number of hydrogen-bond donors (Lipinski definition) is 2. The first-order valence-corrected chi connectivity index (χ1v) is 9.12. The fraction of sp³-hybridized carbons (Fsp3) is 0.562. The number of rotatable bonds is 5. The number of benzene rings is 1. The Balaban J connectivity index is 1.72. The van der Waals surface area contributed by atoms with Gasteiger partial charge in [0.25, 0.3) is 0 Å². The Morgan fingerprint density at radius 3 is 2.71 bits per heavy atom. The molecule has 0 radical (unpaired) electrons. The molecule has 3 nitrogen and oxygen atoms in total. The van der Waals surface area contributed by atoms with Crippen LogP contribution in [0.25, 0.3) is 0 Å². The van der Waals surface area contributed by atoms with E-state index in [1.54, 1.807) is 0 Å². The van der Waals surface area contributed by atoms with Gasteiger partial charge in [0, 0.05) is 29.9 Å². The van der Waals surface area contributed by atoms with Crippen molar-refractivity contribution in [3.8, 4) is 0 Å². The highest BCUT2D eigenvalue weighted by Crippen LogP contribution is 2.27. The van der Waals surface area contributed by atoms with Crippen LogP contribution in [0.5, 0.6) is 0 Å². The van der Waals surface area contributed by atoms with Crippen molar-refractivity contribution in [2.45, 2.75) is 37.0 Å². The molecule has 0 aliphatic heterocycles. The molecule has 1 aliphatic carbocycles. The van der Waals surface area contributed by atoms with Gasteiger partial charge in [-0.15, -0.1) is 0 Å². The van der Waals surface area contributed by atoms with Gasteiger partial charge in [0.15, 0.2) is 5.96 Å². The normalized spacial score (nSPS) is 22.3. The van der Waals surface area contributed by atoms with Gasteiger partial charge in [-0.25, -0.2) is 0 Å². The Bertz CT molecular complexity index is 461. The molecule has 5 heteroatoms. The lowest BCUT2D eigenvalue weighted by molar-refractivity contribution is 0.614. The number of aliphatic imine (C=N–C) groups is 1. The van der Waals surface area contributed by atoms with E-state index in [1.165, 1.54) is 24.8 Å². The minimum Gasteiger partial charge on any atom is -0.356 e. The smallest absolute Gasteiger partial charge is 0.191 e. The van der Waals surface area contributed by atoms with E-state index in [9.17, 15) is 0 Å². The van der Waals surface area contributed by atoms with Crippen LogP contribution in [0.1, 0.15) is 24.8 Å². The van der Waals surface area contributed by atoms with E-state index in [4.69, 9.17) is 11.6 Å². The maximum atomic E-state index is 5.89. The van der Waals surface area contributed by atoms with Crippen LogP contribution in [-0.2, 0) is 6.42 Å². The first-order chi connectivity index (χ1) is 10.2. The van der Waals surface area contributed by atoms with Crippen molar-refractivity contribution < 1.29 is 0 Å². The Morgan fingerprint density at radius 2 is 2.10 bits per heavy atom. The second kappa shape index (κ2) is 8.54. The zero-order chi connectivity index (χ0) is 15.1. The lowest BCUT2D eigenvalue weighted by Crippen LogP contribution is -2.43. The molecular formula is C16H24ClN3S. The number of nitrogens with one attached hydrogen (secondary N) is 2. The Kier molecular flexibility index (Phi) is 6.71. The predicted octanol–water partition coefficient (Wildman–Crippen LogP) is 3.33. The van der Waals surface area contributed by atoms with Crippen molar-refractivity contribution in [2.24, 2.45) is 4.99 Å². The van der Waals surface area contributed by atoms with E-state index >= 15 is 0 Å². The first-order valence-electron chi connectivity index (χ1n) is 7.45. The van der Waals surface area contributed by atoms with Gasteiger partial charge >= 0.3 is 0 Å². The van der Waals surface area contributed by atoms with Gasteiger partial charge in [-0.3, -0.25) is 4.99 Å². The van der Waals surface area contributed by atoms with Gasteiger partial charge in [0.2, 0.25) is 0 Å². The average molecular weight is 326 g/mol. The summed E-state index contributed by atoms with van der Waals surface area (Å²) < 4.78 is 0. The SMILES string of the molecule is CN=C(NCCc1ccc(Cl)cc1)NC1CCC(SC)C1. The molecule has 0 spiro atoms. The second-order valence-electron chi connectivity index (χ2n) is 5.39. The topological polar surface area (TPSA) is 36.4 Å². The third kappa shape index (κ3) is 5.44. The number of halogens is 1. The standard InChI is InChI=1S/C16H24ClN3S/c1-18-16(20-14-7-8-15(11-14)21-2)19-10-9-12-3-5-13(17)6-4-12/h3-6,14-15H,7-11H2,1-2H3,(H2,18,19,20). The highest BCUT2D eigenvalue weighted by Gasteiger charge is 2.24. The van der Waals surface area contributed by atoms with Crippen LogP contribution in [0.2, 0.25) is 5.02 Å². The molecular weight excluding hydrogens is 302 g/mol. The average Bonchev–Trinajstić information content (AvgIpc) is 2.96. The molecule has 1 aliphatic rings. The molecule has 1 aromatic rings. The summed E-state index contributed by atoms with van der Waals surface area (Å²) in [5, 5.41) is 8.51. The van der Waals surface area contributed by atoms with E-state index < -0.39 is 0 Å².